The van der Waals surface area contributed by atoms with E-state index in [0.717, 1.165) is 0 Å². The van der Waals surface area contributed by atoms with Gasteiger partial charge in [-0.25, -0.2) is 9.13 Å². The molecule has 1 aromatic rings. The number of nitrogen functional groups attached to an aromatic ring is 3. The number of aromatic nitrogens is 3. The first kappa shape index (κ1) is 21.6. The number of aliphatic hydroxyl groups is 2. The van der Waals surface area contributed by atoms with Crippen LogP contribution in [-0.2, 0) is 18.0 Å². The molecule has 134 valence electrons. The summed E-state index contributed by atoms with van der Waals surface area (Å²) in [6.45, 7) is -1.51. The van der Waals surface area contributed by atoms with Gasteiger partial charge in [0.05, 0.1) is 13.2 Å². The van der Waals surface area contributed by atoms with Gasteiger partial charge in [-0.15, -0.1) is 0 Å². The van der Waals surface area contributed by atoms with Crippen molar-refractivity contribution >= 4 is 33.5 Å². The van der Waals surface area contributed by atoms with E-state index < -0.39 is 35.0 Å². The lowest BCUT2D eigenvalue weighted by Gasteiger charge is -2.13. The molecular formula is C6H16N6O9P2. The van der Waals surface area contributed by atoms with Crippen LogP contribution in [0.15, 0.2) is 0 Å². The summed E-state index contributed by atoms with van der Waals surface area (Å²) in [4.78, 5) is 35.4. The molecule has 2 atom stereocenters. The molecule has 0 aliphatic rings. The van der Waals surface area contributed by atoms with Crippen LogP contribution in [0.1, 0.15) is 0 Å². The summed E-state index contributed by atoms with van der Waals surface area (Å²) >= 11 is 0. The van der Waals surface area contributed by atoms with E-state index in [4.69, 9.17) is 42.1 Å². The molecule has 0 aliphatic heterocycles. The fourth-order valence-electron chi connectivity index (χ4n) is 0.818. The maximum Gasteiger partial charge on any atom is 0.481 e. The van der Waals surface area contributed by atoms with Crippen molar-refractivity contribution in [2.45, 2.75) is 6.10 Å². The zero-order chi connectivity index (χ0) is 18.3. The van der Waals surface area contributed by atoms with Crippen molar-refractivity contribution in [3.05, 3.63) is 0 Å². The number of hydrogen-bond acceptors (Lipinski definition) is 12. The quantitative estimate of drug-likeness (QED) is 0.232. The Hall–Kier alpha value is -1.41. The monoisotopic (exact) mass is 378 g/mol. The molecule has 0 saturated heterocycles. The third-order valence-corrected chi connectivity index (χ3v) is 3.69. The average Bonchev–Trinajstić information content (AvgIpc) is 2.32. The van der Waals surface area contributed by atoms with Crippen molar-refractivity contribution in [2.24, 2.45) is 0 Å². The molecule has 0 radical (unpaired) electrons. The lowest BCUT2D eigenvalue weighted by Crippen LogP contribution is -2.18. The van der Waals surface area contributed by atoms with Gasteiger partial charge in [-0.3, -0.25) is 4.52 Å². The lowest BCUT2D eigenvalue weighted by molar-refractivity contribution is 0.0416. The van der Waals surface area contributed by atoms with E-state index >= 15 is 0 Å². The van der Waals surface area contributed by atoms with Crippen LogP contribution in [0.5, 0.6) is 0 Å². The predicted octanol–water partition coefficient (Wildman–Crippen LogP) is -2.82. The van der Waals surface area contributed by atoms with Crippen LogP contribution in [0, 0.1) is 0 Å². The Morgan fingerprint density at radius 2 is 1.39 bits per heavy atom. The van der Waals surface area contributed by atoms with Gasteiger partial charge >= 0.3 is 15.6 Å². The van der Waals surface area contributed by atoms with Gasteiger partial charge in [0.1, 0.15) is 6.10 Å². The minimum Gasteiger partial charge on any atom is -0.394 e. The maximum absolute atomic E-state index is 10.7. The fourth-order valence-corrected chi connectivity index (χ4v) is 2.44. The van der Waals surface area contributed by atoms with Gasteiger partial charge in [-0.2, -0.15) is 19.3 Å². The SMILES string of the molecule is Nc1nc(N)nc(N)n1.O=P(O)(O)OP(=O)(O)OCC(O)CO. The first-order valence-corrected chi connectivity index (χ1v) is 8.43. The molecular weight excluding hydrogens is 362 g/mol. The van der Waals surface area contributed by atoms with Crippen LogP contribution < -0.4 is 17.2 Å². The molecule has 0 saturated carbocycles. The van der Waals surface area contributed by atoms with Crippen molar-refractivity contribution < 1.29 is 42.9 Å². The Kier molecular flexibility index (Phi) is 8.47. The van der Waals surface area contributed by atoms with E-state index in [1.165, 1.54) is 0 Å². The Morgan fingerprint density at radius 1 is 1.00 bits per heavy atom. The number of anilines is 3. The number of nitrogens with two attached hydrogens (primary N) is 3. The van der Waals surface area contributed by atoms with Crippen LogP contribution >= 0.6 is 15.6 Å². The van der Waals surface area contributed by atoms with E-state index in [9.17, 15) is 9.13 Å². The lowest BCUT2D eigenvalue weighted by atomic mass is 10.4. The highest BCUT2D eigenvalue weighted by Gasteiger charge is 2.32. The minimum absolute atomic E-state index is 0.0417. The molecule has 17 heteroatoms. The van der Waals surface area contributed by atoms with Crippen LogP contribution in [0.4, 0.5) is 17.8 Å². The predicted molar refractivity (Wildman–Crippen MR) is 75.1 cm³/mol. The Bertz CT molecular complexity index is 545. The molecule has 0 bridgehead atoms. The van der Waals surface area contributed by atoms with Crippen LogP contribution in [0.25, 0.3) is 0 Å². The first-order chi connectivity index (χ1) is 10.3. The second kappa shape index (κ2) is 9.02. The van der Waals surface area contributed by atoms with E-state index in [0.29, 0.717) is 0 Å². The summed E-state index contributed by atoms with van der Waals surface area (Å²) in [7, 11) is -10.1. The van der Waals surface area contributed by atoms with Gasteiger partial charge < -0.3 is 42.1 Å². The van der Waals surface area contributed by atoms with Crippen LogP contribution in [0.2, 0.25) is 0 Å². The molecule has 1 heterocycles. The van der Waals surface area contributed by atoms with Gasteiger partial charge in [-0.1, -0.05) is 0 Å². The van der Waals surface area contributed by atoms with Gasteiger partial charge in [-0.05, 0) is 0 Å². The second-order valence-corrected chi connectivity index (χ2v) is 6.41. The van der Waals surface area contributed by atoms with E-state index in [-0.39, 0.29) is 17.8 Å². The number of phosphoric acid groups is 2. The van der Waals surface area contributed by atoms with E-state index in [1.54, 1.807) is 0 Å². The average molecular weight is 378 g/mol. The van der Waals surface area contributed by atoms with Crippen molar-refractivity contribution in [1.29, 1.82) is 0 Å². The summed E-state index contributed by atoms with van der Waals surface area (Å²) in [6.07, 6.45) is -1.43. The molecule has 23 heavy (non-hydrogen) atoms. The molecule has 0 aliphatic carbocycles. The summed E-state index contributed by atoms with van der Waals surface area (Å²) in [6, 6.07) is 0. The molecule has 15 nitrogen and oxygen atoms in total. The Morgan fingerprint density at radius 3 is 1.70 bits per heavy atom. The van der Waals surface area contributed by atoms with Crippen molar-refractivity contribution in [3.8, 4) is 0 Å². The van der Waals surface area contributed by atoms with Gasteiger partial charge in [0.25, 0.3) is 0 Å². The molecule has 1 aromatic heterocycles. The number of nitrogens with zero attached hydrogens (tertiary/aromatic N) is 3. The van der Waals surface area contributed by atoms with Crippen LogP contribution in [0.3, 0.4) is 0 Å². The Balaban J connectivity index is 0.000000459. The number of phosphoric ester groups is 1. The summed E-state index contributed by atoms with van der Waals surface area (Å²) in [5.74, 6) is 0.125. The zero-order valence-corrected chi connectivity index (χ0v) is 13.1. The van der Waals surface area contributed by atoms with Crippen LogP contribution in [-0.4, -0.2) is 59.2 Å². The molecule has 11 N–H and O–H groups in total. The first-order valence-electron chi connectivity index (χ1n) is 5.40. The van der Waals surface area contributed by atoms with Crippen molar-refractivity contribution in [3.63, 3.8) is 0 Å². The molecule has 0 fully saturated rings. The topological polar surface area (TPSA) is 270 Å². The molecule has 0 aromatic carbocycles. The summed E-state index contributed by atoms with van der Waals surface area (Å²) in [5.41, 5.74) is 15.4. The second-order valence-electron chi connectivity index (χ2n) is 3.58. The third kappa shape index (κ3) is 11.8. The number of hydrogen-bond donors (Lipinski definition) is 8. The van der Waals surface area contributed by atoms with Gasteiger partial charge in [0.2, 0.25) is 17.8 Å². The molecule has 2 unspecified atom stereocenters. The largest absolute Gasteiger partial charge is 0.481 e. The fraction of sp³-hybridized carbons (Fsp3) is 0.500. The van der Waals surface area contributed by atoms with Crippen molar-refractivity contribution in [2.75, 3.05) is 30.4 Å². The van der Waals surface area contributed by atoms with E-state index in [1.807, 2.05) is 0 Å². The normalized spacial score (nSPS) is 15.2. The van der Waals surface area contributed by atoms with Gasteiger partial charge in [0, 0.05) is 0 Å². The number of aliphatic hydroxyl groups excluding tert-OH is 2. The standard InChI is InChI=1S/C3H6N6.C3H10O9P2/c4-1-7-2(5)9-3(6)8-1;4-1-3(5)2-11-14(9,10)12-13(6,7)8/h(H6,4,5,6,7,8,9);3-5H,1-2H2,(H,9,10)(H2,6,7,8). The highest BCUT2D eigenvalue weighted by atomic mass is 31.3. The zero-order valence-electron chi connectivity index (χ0n) is 11.3. The Labute approximate surface area is 129 Å². The summed E-state index contributed by atoms with van der Waals surface area (Å²) in [5, 5.41) is 16.9. The van der Waals surface area contributed by atoms with E-state index in [2.05, 4.69) is 23.8 Å². The highest BCUT2D eigenvalue weighted by Crippen LogP contribution is 2.57. The molecule has 0 amide bonds. The molecule has 0 spiro atoms. The third-order valence-electron chi connectivity index (χ3n) is 1.54. The van der Waals surface area contributed by atoms with Crippen molar-refractivity contribution in [1.82, 2.24) is 15.0 Å². The number of rotatable bonds is 6. The van der Waals surface area contributed by atoms with Gasteiger partial charge in [0.15, 0.2) is 0 Å². The highest BCUT2D eigenvalue weighted by molar-refractivity contribution is 7.60. The maximum atomic E-state index is 10.7. The minimum atomic E-state index is -5.14. The smallest absolute Gasteiger partial charge is 0.394 e. The molecule has 1 rings (SSSR count). The summed E-state index contributed by atoms with van der Waals surface area (Å²) < 4.78 is 28.1.